The molecule has 4 rings (SSSR count). The number of carbonyl (C=O) groups excluding carboxylic acids is 2. The van der Waals surface area contributed by atoms with Crippen molar-refractivity contribution in [3.05, 3.63) is 111 Å². The van der Waals surface area contributed by atoms with Gasteiger partial charge in [-0.25, -0.2) is 5.43 Å². The van der Waals surface area contributed by atoms with Gasteiger partial charge in [-0.15, -0.1) is 0 Å². The summed E-state index contributed by atoms with van der Waals surface area (Å²) in [6, 6.07) is 27.3. The Morgan fingerprint density at radius 1 is 0.829 bits per heavy atom. The van der Waals surface area contributed by atoms with Crippen LogP contribution >= 0.6 is 22.6 Å². The molecule has 0 bridgehead atoms. The molecule has 0 fully saturated rings. The van der Waals surface area contributed by atoms with Crippen molar-refractivity contribution in [3.8, 4) is 23.0 Å². The Kier molecular flexibility index (Phi) is 10.5. The largest absolute Gasteiger partial charge is 0.493 e. The third-order valence-corrected chi connectivity index (χ3v) is 6.50. The number of halogens is 1. The van der Waals surface area contributed by atoms with Gasteiger partial charge in [-0.1, -0.05) is 48.5 Å². The second kappa shape index (κ2) is 14.7. The lowest BCUT2D eigenvalue weighted by Crippen LogP contribution is -2.20. The minimum atomic E-state index is -0.416. The van der Waals surface area contributed by atoms with Gasteiger partial charge in [0.05, 0.1) is 24.0 Å². The van der Waals surface area contributed by atoms with Crippen LogP contribution in [-0.2, 0) is 11.4 Å². The number of nitrogens with one attached hydrogen (secondary N) is 2. The molecule has 4 aromatic rings. The van der Waals surface area contributed by atoms with Crippen molar-refractivity contribution in [1.82, 2.24) is 5.43 Å². The molecule has 0 aliphatic rings. The summed E-state index contributed by atoms with van der Waals surface area (Å²) < 4.78 is 23.2. The number of amides is 2. The van der Waals surface area contributed by atoms with E-state index in [2.05, 4.69) is 38.4 Å². The number of para-hydroxylation sites is 1. The first-order valence-corrected chi connectivity index (χ1v) is 13.6. The molecule has 0 aliphatic heterocycles. The van der Waals surface area contributed by atoms with E-state index in [0.29, 0.717) is 50.0 Å². The Morgan fingerprint density at radius 3 is 2.24 bits per heavy atom. The second-order valence-corrected chi connectivity index (χ2v) is 9.74. The molecule has 2 N–H and O–H groups in total. The van der Waals surface area contributed by atoms with Gasteiger partial charge in [-0.3, -0.25) is 9.59 Å². The number of carbonyl (C=O) groups is 2. The topological polar surface area (TPSA) is 107 Å². The van der Waals surface area contributed by atoms with Crippen LogP contribution < -0.4 is 29.7 Å². The van der Waals surface area contributed by atoms with Crippen molar-refractivity contribution < 1.29 is 28.5 Å². The Balaban J connectivity index is 1.35. The van der Waals surface area contributed by atoms with E-state index >= 15 is 0 Å². The summed E-state index contributed by atoms with van der Waals surface area (Å²) in [6.45, 7) is 0.185. The van der Waals surface area contributed by atoms with E-state index in [4.69, 9.17) is 18.9 Å². The van der Waals surface area contributed by atoms with E-state index in [0.717, 1.165) is 5.56 Å². The van der Waals surface area contributed by atoms with Crippen LogP contribution in [0.25, 0.3) is 0 Å². The van der Waals surface area contributed by atoms with Crippen molar-refractivity contribution in [2.45, 2.75) is 6.61 Å². The molecule has 0 spiro atoms. The highest BCUT2D eigenvalue weighted by atomic mass is 127. The molecule has 10 heteroatoms. The Labute approximate surface area is 251 Å². The lowest BCUT2D eigenvalue weighted by molar-refractivity contribution is -0.118. The number of rotatable bonds is 12. The maximum atomic E-state index is 12.7. The maximum absolute atomic E-state index is 12.7. The van der Waals surface area contributed by atoms with Crippen LogP contribution in [0.4, 0.5) is 5.69 Å². The SMILES string of the molecule is COc1cc(C(=O)N/N=C/c2cc(I)c(OCC(=O)Nc3ccccc3)c(OC)c2)ccc1OCc1ccccc1. The van der Waals surface area contributed by atoms with E-state index in [1.807, 2.05) is 48.5 Å². The molecule has 0 aromatic heterocycles. The van der Waals surface area contributed by atoms with Gasteiger partial charge in [-0.2, -0.15) is 5.10 Å². The van der Waals surface area contributed by atoms with E-state index in [1.54, 1.807) is 42.5 Å². The molecular weight excluding hydrogens is 637 g/mol. The lowest BCUT2D eigenvalue weighted by atomic mass is 10.2. The molecule has 9 nitrogen and oxygen atoms in total. The van der Waals surface area contributed by atoms with Crippen LogP contribution in [0.2, 0.25) is 0 Å². The summed E-state index contributed by atoms with van der Waals surface area (Å²) in [6.07, 6.45) is 1.49. The maximum Gasteiger partial charge on any atom is 0.271 e. The average Bonchev–Trinajstić information content (AvgIpc) is 3.00. The molecule has 0 unspecified atom stereocenters. The Bertz CT molecular complexity index is 1510. The predicted octanol–water partition coefficient (Wildman–Crippen LogP) is 5.67. The van der Waals surface area contributed by atoms with Crippen molar-refractivity contribution in [3.63, 3.8) is 0 Å². The van der Waals surface area contributed by atoms with E-state index in [1.165, 1.54) is 20.4 Å². The third-order valence-electron chi connectivity index (χ3n) is 5.70. The molecule has 0 saturated heterocycles. The summed E-state index contributed by atoms with van der Waals surface area (Å²) in [5.74, 6) is 1.10. The summed E-state index contributed by atoms with van der Waals surface area (Å²) in [5.41, 5.74) is 5.24. The summed E-state index contributed by atoms with van der Waals surface area (Å²) in [4.78, 5) is 25.0. The highest BCUT2D eigenvalue weighted by molar-refractivity contribution is 14.1. The summed E-state index contributed by atoms with van der Waals surface area (Å²) in [7, 11) is 3.02. The molecule has 0 atom stereocenters. The van der Waals surface area contributed by atoms with Crippen molar-refractivity contribution in [1.29, 1.82) is 0 Å². The molecule has 41 heavy (non-hydrogen) atoms. The van der Waals surface area contributed by atoms with Crippen LogP contribution in [0, 0.1) is 3.57 Å². The highest BCUT2D eigenvalue weighted by Crippen LogP contribution is 2.33. The molecule has 0 saturated carbocycles. The normalized spacial score (nSPS) is 10.6. The first-order valence-electron chi connectivity index (χ1n) is 12.5. The number of nitrogens with zero attached hydrogens (tertiary/aromatic N) is 1. The van der Waals surface area contributed by atoms with Crippen molar-refractivity contribution in [2.24, 2.45) is 5.10 Å². The van der Waals surface area contributed by atoms with Crippen LogP contribution in [0.3, 0.4) is 0 Å². The predicted molar refractivity (Wildman–Crippen MR) is 165 cm³/mol. The fourth-order valence-corrected chi connectivity index (χ4v) is 4.49. The van der Waals surface area contributed by atoms with Gasteiger partial charge in [0, 0.05) is 11.3 Å². The number of benzene rings is 4. The van der Waals surface area contributed by atoms with E-state index < -0.39 is 5.91 Å². The smallest absolute Gasteiger partial charge is 0.271 e. The molecule has 210 valence electrons. The Morgan fingerprint density at radius 2 is 1.54 bits per heavy atom. The molecule has 2 amide bonds. The quantitative estimate of drug-likeness (QED) is 0.115. The van der Waals surface area contributed by atoms with Gasteiger partial charge in [0.1, 0.15) is 6.61 Å². The first kappa shape index (κ1) is 29.4. The monoisotopic (exact) mass is 665 g/mol. The zero-order valence-corrected chi connectivity index (χ0v) is 24.6. The minimum Gasteiger partial charge on any atom is -0.493 e. The van der Waals surface area contributed by atoms with Gasteiger partial charge in [-0.05, 0) is 76.2 Å². The number of hydrogen-bond donors (Lipinski definition) is 2. The van der Waals surface area contributed by atoms with Gasteiger partial charge in [0.15, 0.2) is 29.6 Å². The number of hydrogen-bond acceptors (Lipinski definition) is 7. The number of anilines is 1. The zero-order valence-electron chi connectivity index (χ0n) is 22.4. The van der Waals surface area contributed by atoms with Gasteiger partial charge in [0.2, 0.25) is 0 Å². The van der Waals surface area contributed by atoms with Crippen molar-refractivity contribution >= 4 is 46.3 Å². The highest BCUT2D eigenvalue weighted by Gasteiger charge is 2.14. The second-order valence-electron chi connectivity index (χ2n) is 8.58. The molecule has 0 aliphatic carbocycles. The minimum absolute atomic E-state index is 0.190. The third kappa shape index (κ3) is 8.45. The average molecular weight is 665 g/mol. The molecule has 0 radical (unpaired) electrons. The molecule has 0 heterocycles. The van der Waals surface area contributed by atoms with Crippen LogP contribution in [-0.4, -0.2) is 38.9 Å². The fourth-order valence-electron chi connectivity index (χ4n) is 3.70. The zero-order chi connectivity index (χ0) is 29.0. The van der Waals surface area contributed by atoms with Crippen LogP contribution in [0.15, 0.2) is 96.1 Å². The first-order chi connectivity index (χ1) is 20.0. The standard InChI is InChI=1S/C31H28IN3O6/c1-38-27-17-23(13-14-26(27)40-19-21-9-5-3-6-10-21)31(37)35-33-18-22-15-25(32)30(28(16-22)39-2)41-20-29(36)34-24-11-7-4-8-12-24/h3-18H,19-20H2,1-2H3,(H,34,36)(H,35,37)/b33-18+. The van der Waals surface area contributed by atoms with Crippen molar-refractivity contribution in [2.75, 3.05) is 26.1 Å². The molecule has 4 aromatic carbocycles. The number of ether oxygens (including phenoxy) is 4. The van der Waals surface area contributed by atoms with Gasteiger partial charge >= 0.3 is 0 Å². The lowest BCUT2D eigenvalue weighted by Gasteiger charge is -2.13. The molecular formula is C31H28IN3O6. The van der Waals surface area contributed by atoms with E-state index in [-0.39, 0.29) is 12.5 Å². The summed E-state index contributed by atoms with van der Waals surface area (Å²) >= 11 is 2.09. The Hall–Kier alpha value is -4.58. The van der Waals surface area contributed by atoms with Crippen LogP contribution in [0.1, 0.15) is 21.5 Å². The summed E-state index contributed by atoms with van der Waals surface area (Å²) in [5, 5.41) is 6.85. The van der Waals surface area contributed by atoms with Gasteiger partial charge in [0.25, 0.3) is 11.8 Å². The van der Waals surface area contributed by atoms with Crippen LogP contribution in [0.5, 0.6) is 23.0 Å². The van der Waals surface area contributed by atoms with E-state index in [9.17, 15) is 9.59 Å². The number of hydrazone groups is 1. The number of methoxy groups -OCH3 is 2. The van der Waals surface area contributed by atoms with Gasteiger partial charge < -0.3 is 24.3 Å². The fraction of sp³-hybridized carbons (Fsp3) is 0.129.